The van der Waals surface area contributed by atoms with Gasteiger partial charge in [0.1, 0.15) is 0 Å². The van der Waals surface area contributed by atoms with Crippen LogP contribution in [-0.2, 0) is 27.5 Å². The predicted molar refractivity (Wildman–Crippen MR) is 67.6 cm³/mol. The van der Waals surface area contributed by atoms with Gasteiger partial charge in [0, 0.05) is 13.5 Å². The van der Waals surface area contributed by atoms with Crippen LogP contribution in [0.1, 0.15) is 18.1 Å². The number of carboxylic acids is 2. The summed E-state index contributed by atoms with van der Waals surface area (Å²) in [5.41, 5.74) is 1.24. The fourth-order valence-corrected chi connectivity index (χ4v) is 1.70. The van der Waals surface area contributed by atoms with Crippen molar-refractivity contribution in [3.05, 3.63) is 35.4 Å². The Hall–Kier alpha value is -2.41. The molecule has 3 N–H and O–H groups in total. The summed E-state index contributed by atoms with van der Waals surface area (Å²) in [4.78, 5) is 34.2. The van der Waals surface area contributed by atoms with Crippen LogP contribution in [0.2, 0.25) is 0 Å². The van der Waals surface area contributed by atoms with Crippen molar-refractivity contribution in [2.75, 3.05) is 0 Å². The Balaban J connectivity index is 2.99. The normalized spacial score (nSPS) is 10.3. The largest absolute Gasteiger partial charge is 0.479 e. The Labute approximate surface area is 115 Å². The topological polar surface area (TPSA) is 115 Å². The lowest BCUT2D eigenvalue weighted by Gasteiger charge is -2.25. The molecule has 108 valence electrons. The number of aliphatic carboxylic acids is 2. The van der Waals surface area contributed by atoms with E-state index < -0.39 is 23.9 Å². The zero-order valence-electron chi connectivity index (χ0n) is 10.8. The van der Waals surface area contributed by atoms with E-state index in [9.17, 15) is 14.4 Å². The summed E-state index contributed by atoms with van der Waals surface area (Å²) in [5, 5.41) is 26.7. The second-order valence-corrected chi connectivity index (χ2v) is 4.20. The second-order valence-electron chi connectivity index (χ2n) is 4.20. The number of aliphatic hydroxyl groups excluding tert-OH is 1. The third-order valence-corrected chi connectivity index (χ3v) is 2.74. The van der Waals surface area contributed by atoms with Gasteiger partial charge in [-0.1, -0.05) is 24.3 Å². The number of hydrogen-bond donors (Lipinski definition) is 3. The van der Waals surface area contributed by atoms with E-state index in [4.69, 9.17) is 15.3 Å². The lowest BCUT2D eigenvalue weighted by Crippen LogP contribution is -2.48. The van der Waals surface area contributed by atoms with E-state index in [-0.39, 0.29) is 13.2 Å². The van der Waals surface area contributed by atoms with Crippen molar-refractivity contribution in [1.82, 2.24) is 4.90 Å². The molecule has 0 aliphatic carbocycles. The highest BCUT2D eigenvalue weighted by Crippen LogP contribution is 2.11. The highest BCUT2D eigenvalue weighted by Gasteiger charge is 2.34. The molecule has 1 aromatic carbocycles. The molecule has 0 aliphatic rings. The zero-order chi connectivity index (χ0) is 15.3. The van der Waals surface area contributed by atoms with E-state index in [1.165, 1.54) is 0 Å². The van der Waals surface area contributed by atoms with Gasteiger partial charge >= 0.3 is 11.9 Å². The fourth-order valence-electron chi connectivity index (χ4n) is 1.70. The quantitative estimate of drug-likeness (QED) is 0.635. The molecule has 0 aromatic heterocycles. The van der Waals surface area contributed by atoms with Gasteiger partial charge in [-0.05, 0) is 11.1 Å². The molecule has 0 atom stereocenters. The first-order valence-corrected chi connectivity index (χ1v) is 5.78. The molecule has 0 fully saturated rings. The van der Waals surface area contributed by atoms with Gasteiger partial charge in [-0.15, -0.1) is 0 Å². The molecular formula is C13H15NO6. The average molecular weight is 281 g/mol. The van der Waals surface area contributed by atoms with Crippen LogP contribution in [0.25, 0.3) is 0 Å². The summed E-state index contributed by atoms with van der Waals surface area (Å²) in [7, 11) is 0. The van der Waals surface area contributed by atoms with E-state index in [0.717, 1.165) is 11.8 Å². The number of aliphatic hydroxyl groups is 1. The van der Waals surface area contributed by atoms with Crippen LogP contribution in [0.4, 0.5) is 0 Å². The molecule has 20 heavy (non-hydrogen) atoms. The Bertz CT molecular complexity index is 496. The van der Waals surface area contributed by atoms with Crippen LogP contribution in [0.15, 0.2) is 24.3 Å². The van der Waals surface area contributed by atoms with Gasteiger partial charge in [0.25, 0.3) is 0 Å². The third-order valence-electron chi connectivity index (χ3n) is 2.74. The minimum Gasteiger partial charge on any atom is -0.479 e. The number of hydrogen-bond acceptors (Lipinski definition) is 4. The standard InChI is InChI=1S/C13H15NO6/c1-8(16)14(11(12(17)18)13(19)20)6-9-2-4-10(7-15)5-3-9/h2-5,11,15H,6-7H2,1H3,(H,17,18)(H,19,20). The van der Waals surface area contributed by atoms with Gasteiger partial charge < -0.3 is 20.2 Å². The molecule has 7 nitrogen and oxygen atoms in total. The molecule has 0 bridgehead atoms. The van der Waals surface area contributed by atoms with Gasteiger partial charge in [0.2, 0.25) is 11.9 Å². The minimum absolute atomic E-state index is 0.135. The lowest BCUT2D eigenvalue weighted by molar-refractivity contribution is -0.161. The molecule has 0 saturated carbocycles. The van der Waals surface area contributed by atoms with Crippen LogP contribution in [0.5, 0.6) is 0 Å². The number of rotatable bonds is 6. The Morgan fingerprint density at radius 2 is 1.50 bits per heavy atom. The second kappa shape index (κ2) is 6.67. The maximum absolute atomic E-state index is 11.5. The maximum Gasteiger partial charge on any atom is 0.338 e. The monoisotopic (exact) mass is 281 g/mol. The molecule has 1 amide bonds. The Kier molecular flexibility index (Phi) is 5.22. The average Bonchev–Trinajstić information content (AvgIpc) is 2.37. The molecule has 1 aromatic rings. The highest BCUT2D eigenvalue weighted by atomic mass is 16.4. The van der Waals surface area contributed by atoms with E-state index in [2.05, 4.69) is 0 Å². The van der Waals surface area contributed by atoms with Crippen LogP contribution < -0.4 is 0 Å². The van der Waals surface area contributed by atoms with Crippen molar-refractivity contribution in [3.8, 4) is 0 Å². The summed E-state index contributed by atoms with van der Waals surface area (Å²) < 4.78 is 0. The van der Waals surface area contributed by atoms with E-state index >= 15 is 0 Å². The van der Waals surface area contributed by atoms with Gasteiger partial charge in [-0.3, -0.25) is 4.79 Å². The first-order valence-electron chi connectivity index (χ1n) is 5.78. The third kappa shape index (κ3) is 3.79. The number of amides is 1. The molecule has 0 spiro atoms. The predicted octanol–water partition coefficient (Wildman–Crippen LogP) is 0.0652. The molecule has 0 saturated heterocycles. The summed E-state index contributed by atoms with van der Waals surface area (Å²) in [5.74, 6) is -3.84. The molecule has 0 radical (unpaired) electrons. The van der Waals surface area contributed by atoms with Crippen molar-refractivity contribution in [3.63, 3.8) is 0 Å². The molecule has 0 aliphatic heterocycles. The Morgan fingerprint density at radius 1 is 1.05 bits per heavy atom. The van der Waals surface area contributed by atoms with Crippen LogP contribution in [0, 0.1) is 0 Å². The summed E-state index contributed by atoms with van der Waals surface area (Å²) >= 11 is 0. The number of benzene rings is 1. The SMILES string of the molecule is CC(=O)N(Cc1ccc(CO)cc1)C(C(=O)O)C(=O)O. The van der Waals surface area contributed by atoms with Crippen molar-refractivity contribution in [2.24, 2.45) is 0 Å². The fraction of sp³-hybridized carbons (Fsp3) is 0.308. The van der Waals surface area contributed by atoms with Gasteiger partial charge in [0.15, 0.2) is 0 Å². The van der Waals surface area contributed by atoms with Crippen molar-refractivity contribution < 1.29 is 29.7 Å². The van der Waals surface area contributed by atoms with E-state index in [1.54, 1.807) is 24.3 Å². The lowest BCUT2D eigenvalue weighted by atomic mass is 10.1. The zero-order valence-corrected chi connectivity index (χ0v) is 10.8. The molecule has 7 heteroatoms. The summed E-state index contributed by atoms with van der Waals surface area (Å²) in [6.07, 6.45) is 0. The van der Waals surface area contributed by atoms with Crippen molar-refractivity contribution >= 4 is 17.8 Å². The summed E-state index contributed by atoms with van der Waals surface area (Å²) in [6, 6.07) is 4.50. The van der Waals surface area contributed by atoms with Gasteiger partial charge in [-0.25, -0.2) is 9.59 Å². The molecule has 1 rings (SSSR count). The van der Waals surface area contributed by atoms with E-state index in [1.807, 2.05) is 0 Å². The molecule has 0 unspecified atom stereocenters. The number of carbonyl (C=O) groups excluding carboxylic acids is 1. The highest BCUT2D eigenvalue weighted by molar-refractivity contribution is 6.00. The van der Waals surface area contributed by atoms with Gasteiger partial charge in [0.05, 0.1) is 6.61 Å². The van der Waals surface area contributed by atoms with E-state index in [0.29, 0.717) is 11.1 Å². The number of carboxylic acid groups (broad SMARTS) is 2. The van der Waals surface area contributed by atoms with Crippen LogP contribution in [0.3, 0.4) is 0 Å². The number of nitrogens with zero attached hydrogens (tertiary/aromatic N) is 1. The number of carbonyl (C=O) groups is 3. The smallest absolute Gasteiger partial charge is 0.338 e. The summed E-state index contributed by atoms with van der Waals surface area (Å²) in [6.45, 7) is 0.842. The van der Waals surface area contributed by atoms with Crippen molar-refractivity contribution in [2.45, 2.75) is 26.1 Å². The van der Waals surface area contributed by atoms with Crippen molar-refractivity contribution in [1.29, 1.82) is 0 Å². The Morgan fingerprint density at radius 3 is 1.85 bits per heavy atom. The van der Waals surface area contributed by atoms with Crippen LogP contribution in [-0.4, -0.2) is 44.1 Å². The van der Waals surface area contributed by atoms with Crippen LogP contribution >= 0.6 is 0 Å². The minimum atomic E-state index is -1.93. The molecule has 0 heterocycles. The first-order chi connectivity index (χ1) is 9.36. The van der Waals surface area contributed by atoms with Gasteiger partial charge in [-0.2, -0.15) is 0 Å². The maximum atomic E-state index is 11.5. The molecular weight excluding hydrogens is 266 g/mol. The first kappa shape index (κ1) is 15.6.